The number of anilines is 1. The van der Waals surface area contributed by atoms with Gasteiger partial charge in [0.25, 0.3) is 0 Å². The van der Waals surface area contributed by atoms with Gasteiger partial charge in [0, 0.05) is 19.5 Å². The van der Waals surface area contributed by atoms with E-state index in [9.17, 15) is 9.59 Å². The zero-order valence-corrected chi connectivity index (χ0v) is 11.3. The Morgan fingerprint density at radius 1 is 1.47 bits per heavy atom. The second-order valence-corrected chi connectivity index (χ2v) is 4.63. The zero-order chi connectivity index (χ0) is 13.8. The van der Waals surface area contributed by atoms with Gasteiger partial charge in [0.15, 0.2) is 5.78 Å². The van der Waals surface area contributed by atoms with Gasteiger partial charge in [-0.05, 0) is 18.6 Å². The largest absolute Gasteiger partial charge is 0.469 e. The SMILES string of the molecule is CCC(=O)c1ccc(N2CCC(C(=O)OC)C2)cn1. The van der Waals surface area contributed by atoms with E-state index >= 15 is 0 Å². The second kappa shape index (κ2) is 5.82. The molecule has 0 amide bonds. The van der Waals surface area contributed by atoms with Gasteiger partial charge in [0.1, 0.15) is 5.69 Å². The number of methoxy groups -OCH3 is 1. The molecule has 0 N–H and O–H groups in total. The van der Waals surface area contributed by atoms with Crippen molar-refractivity contribution in [3.05, 3.63) is 24.0 Å². The summed E-state index contributed by atoms with van der Waals surface area (Å²) in [6.45, 7) is 3.28. The standard InChI is InChI=1S/C14H18N2O3/c1-3-13(17)12-5-4-11(8-15-12)16-7-6-10(9-16)14(18)19-2/h4-5,8,10H,3,6-7,9H2,1-2H3. The van der Waals surface area contributed by atoms with Crippen molar-refractivity contribution in [2.24, 2.45) is 5.92 Å². The smallest absolute Gasteiger partial charge is 0.310 e. The number of carbonyl (C=O) groups excluding carboxylic acids is 2. The molecule has 1 aliphatic rings. The van der Waals surface area contributed by atoms with Crippen LogP contribution in [0.25, 0.3) is 0 Å². The summed E-state index contributed by atoms with van der Waals surface area (Å²) in [5.74, 6) is -0.185. The quantitative estimate of drug-likeness (QED) is 0.610. The normalized spacial score (nSPS) is 18.4. The number of hydrogen-bond donors (Lipinski definition) is 0. The van der Waals surface area contributed by atoms with Gasteiger partial charge in [-0.25, -0.2) is 0 Å². The van der Waals surface area contributed by atoms with E-state index in [1.165, 1.54) is 7.11 Å². The van der Waals surface area contributed by atoms with E-state index in [1.54, 1.807) is 12.3 Å². The molecule has 1 unspecified atom stereocenters. The fourth-order valence-corrected chi connectivity index (χ4v) is 2.27. The number of hydrogen-bond acceptors (Lipinski definition) is 5. The molecule has 2 rings (SSSR count). The molecule has 0 saturated carbocycles. The second-order valence-electron chi connectivity index (χ2n) is 4.63. The van der Waals surface area contributed by atoms with Crippen LogP contribution in [0.3, 0.4) is 0 Å². The zero-order valence-electron chi connectivity index (χ0n) is 11.3. The van der Waals surface area contributed by atoms with E-state index < -0.39 is 0 Å². The molecule has 0 spiro atoms. The molecule has 102 valence electrons. The number of ether oxygens (including phenoxy) is 1. The Labute approximate surface area is 112 Å². The van der Waals surface area contributed by atoms with E-state index in [-0.39, 0.29) is 17.7 Å². The first-order chi connectivity index (χ1) is 9.15. The van der Waals surface area contributed by atoms with Gasteiger partial charge in [-0.15, -0.1) is 0 Å². The Morgan fingerprint density at radius 2 is 2.26 bits per heavy atom. The van der Waals surface area contributed by atoms with Gasteiger partial charge in [-0.1, -0.05) is 6.92 Å². The minimum atomic E-state index is -0.159. The van der Waals surface area contributed by atoms with Crippen molar-refractivity contribution in [1.29, 1.82) is 0 Å². The van der Waals surface area contributed by atoms with Gasteiger partial charge in [0.05, 0.1) is 24.9 Å². The fraction of sp³-hybridized carbons (Fsp3) is 0.500. The van der Waals surface area contributed by atoms with E-state index in [0.717, 1.165) is 18.7 Å². The summed E-state index contributed by atoms with van der Waals surface area (Å²) < 4.78 is 4.76. The minimum Gasteiger partial charge on any atom is -0.469 e. The van der Waals surface area contributed by atoms with Crippen molar-refractivity contribution < 1.29 is 14.3 Å². The Balaban J connectivity index is 2.04. The molecule has 5 nitrogen and oxygen atoms in total. The molecule has 19 heavy (non-hydrogen) atoms. The van der Waals surface area contributed by atoms with E-state index in [4.69, 9.17) is 4.74 Å². The lowest BCUT2D eigenvalue weighted by Gasteiger charge is -2.17. The van der Waals surface area contributed by atoms with Gasteiger partial charge in [0.2, 0.25) is 0 Å². The molecule has 1 saturated heterocycles. The maximum Gasteiger partial charge on any atom is 0.310 e. The van der Waals surface area contributed by atoms with Crippen LogP contribution in [-0.4, -0.2) is 36.9 Å². The summed E-state index contributed by atoms with van der Waals surface area (Å²) in [7, 11) is 1.41. The number of ketones is 1. The number of carbonyl (C=O) groups is 2. The van der Waals surface area contributed by atoms with Crippen LogP contribution in [0.4, 0.5) is 5.69 Å². The average Bonchev–Trinajstić information content (AvgIpc) is 2.95. The molecule has 1 aromatic heterocycles. The molecule has 1 atom stereocenters. The van der Waals surface area contributed by atoms with Crippen molar-refractivity contribution in [2.45, 2.75) is 19.8 Å². The van der Waals surface area contributed by atoms with E-state index in [0.29, 0.717) is 18.7 Å². The fourth-order valence-electron chi connectivity index (χ4n) is 2.27. The van der Waals surface area contributed by atoms with Gasteiger partial charge < -0.3 is 9.64 Å². The molecular weight excluding hydrogens is 244 g/mol. The lowest BCUT2D eigenvalue weighted by Crippen LogP contribution is -2.23. The van der Waals surface area contributed by atoms with Gasteiger partial charge in [-0.3, -0.25) is 14.6 Å². The van der Waals surface area contributed by atoms with Crippen molar-refractivity contribution >= 4 is 17.4 Å². The number of Topliss-reactive ketones (excluding diaryl/α,β-unsaturated/α-hetero) is 1. The predicted molar refractivity (Wildman–Crippen MR) is 71.2 cm³/mol. The number of rotatable bonds is 4. The Kier molecular flexibility index (Phi) is 4.14. The monoisotopic (exact) mass is 262 g/mol. The predicted octanol–water partition coefficient (Wildman–Crippen LogP) is 1.67. The van der Waals surface area contributed by atoms with Gasteiger partial charge >= 0.3 is 5.97 Å². The van der Waals surface area contributed by atoms with Crippen LogP contribution in [-0.2, 0) is 9.53 Å². The lowest BCUT2D eigenvalue weighted by molar-refractivity contribution is -0.144. The average molecular weight is 262 g/mol. The third-order valence-corrected chi connectivity index (χ3v) is 3.44. The Bertz CT molecular complexity index is 470. The highest BCUT2D eigenvalue weighted by molar-refractivity contribution is 5.94. The number of aromatic nitrogens is 1. The molecular formula is C14H18N2O3. The molecule has 1 aliphatic heterocycles. The third-order valence-electron chi connectivity index (χ3n) is 3.44. The van der Waals surface area contributed by atoms with E-state index in [1.807, 2.05) is 13.0 Å². The molecule has 0 aliphatic carbocycles. The highest BCUT2D eigenvalue weighted by Gasteiger charge is 2.29. The topological polar surface area (TPSA) is 59.5 Å². The van der Waals surface area contributed by atoms with E-state index in [2.05, 4.69) is 9.88 Å². The summed E-state index contributed by atoms with van der Waals surface area (Å²) in [5, 5.41) is 0. The number of esters is 1. The Morgan fingerprint density at radius 3 is 2.84 bits per heavy atom. The summed E-state index contributed by atoms with van der Waals surface area (Å²) in [6, 6.07) is 3.63. The lowest BCUT2D eigenvalue weighted by atomic mass is 10.1. The van der Waals surface area contributed by atoms with Crippen LogP contribution >= 0.6 is 0 Å². The summed E-state index contributed by atoms with van der Waals surface area (Å²) >= 11 is 0. The molecule has 2 heterocycles. The number of pyridine rings is 1. The highest BCUT2D eigenvalue weighted by Crippen LogP contribution is 2.24. The van der Waals surface area contributed by atoms with Crippen LogP contribution in [0.15, 0.2) is 18.3 Å². The van der Waals surface area contributed by atoms with Crippen LogP contribution in [0.5, 0.6) is 0 Å². The van der Waals surface area contributed by atoms with Gasteiger partial charge in [-0.2, -0.15) is 0 Å². The van der Waals surface area contributed by atoms with Crippen LogP contribution in [0.1, 0.15) is 30.3 Å². The summed E-state index contributed by atoms with van der Waals surface area (Å²) in [6.07, 6.45) is 2.95. The Hall–Kier alpha value is -1.91. The van der Waals surface area contributed by atoms with Crippen LogP contribution < -0.4 is 4.90 Å². The molecule has 0 aromatic carbocycles. The number of nitrogens with zero attached hydrogens (tertiary/aromatic N) is 2. The summed E-state index contributed by atoms with van der Waals surface area (Å²) in [5.41, 5.74) is 1.44. The molecule has 0 radical (unpaired) electrons. The maximum absolute atomic E-state index is 11.5. The third kappa shape index (κ3) is 2.92. The molecule has 5 heteroatoms. The minimum absolute atomic E-state index is 0.0420. The first-order valence-corrected chi connectivity index (χ1v) is 6.47. The van der Waals surface area contributed by atoms with Crippen LogP contribution in [0, 0.1) is 5.92 Å². The molecule has 1 aromatic rings. The van der Waals surface area contributed by atoms with Crippen molar-refractivity contribution in [2.75, 3.05) is 25.1 Å². The van der Waals surface area contributed by atoms with Crippen molar-refractivity contribution in [3.63, 3.8) is 0 Å². The van der Waals surface area contributed by atoms with Crippen LogP contribution in [0.2, 0.25) is 0 Å². The first-order valence-electron chi connectivity index (χ1n) is 6.47. The van der Waals surface area contributed by atoms with Crippen molar-refractivity contribution in [1.82, 2.24) is 4.98 Å². The van der Waals surface area contributed by atoms with Crippen molar-refractivity contribution in [3.8, 4) is 0 Å². The highest BCUT2D eigenvalue weighted by atomic mass is 16.5. The molecule has 0 bridgehead atoms. The first kappa shape index (κ1) is 13.5. The maximum atomic E-state index is 11.5. The molecule has 1 fully saturated rings. The summed E-state index contributed by atoms with van der Waals surface area (Å²) in [4.78, 5) is 29.2.